The molecule has 0 fully saturated rings. The van der Waals surface area contributed by atoms with E-state index in [9.17, 15) is 0 Å². The SMILES string of the molecule is CCCCc1nc2c(N)nc(C)c(C)c2n1CCCCNC(=S)Nc1ccccc1. The number of unbranched alkanes of at least 4 members (excludes halogenated alkanes) is 2. The first-order valence-electron chi connectivity index (χ1n) is 10.7. The topological polar surface area (TPSA) is 80.8 Å². The minimum absolute atomic E-state index is 0.531. The number of nitrogen functional groups attached to an aromatic ring is 1. The van der Waals surface area contributed by atoms with Crippen molar-refractivity contribution in [1.29, 1.82) is 0 Å². The van der Waals surface area contributed by atoms with Gasteiger partial charge in [0.2, 0.25) is 0 Å². The Morgan fingerprint density at radius 2 is 1.87 bits per heavy atom. The van der Waals surface area contributed by atoms with Gasteiger partial charge >= 0.3 is 0 Å². The van der Waals surface area contributed by atoms with Gasteiger partial charge in [0.1, 0.15) is 11.3 Å². The van der Waals surface area contributed by atoms with Crippen molar-refractivity contribution in [2.45, 2.75) is 59.4 Å². The van der Waals surface area contributed by atoms with Gasteiger partial charge < -0.3 is 20.9 Å². The Kier molecular flexibility index (Phi) is 7.63. The lowest BCUT2D eigenvalue weighted by Crippen LogP contribution is -2.29. The third-order valence-electron chi connectivity index (χ3n) is 5.35. The van der Waals surface area contributed by atoms with Gasteiger partial charge in [-0.05, 0) is 63.0 Å². The minimum Gasteiger partial charge on any atom is -0.382 e. The minimum atomic E-state index is 0.531. The molecule has 0 aliphatic rings. The fourth-order valence-corrected chi connectivity index (χ4v) is 3.83. The van der Waals surface area contributed by atoms with Gasteiger partial charge in [-0.1, -0.05) is 31.5 Å². The highest BCUT2D eigenvalue weighted by molar-refractivity contribution is 7.80. The van der Waals surface area contributed by atoms with Crippen LogP contribution in [0.4, 0.5) is 11.5 Å². The van der Waals surface area contributed by atoms with Gasteiger partial charge in [-0.15, -0.1) is 0 Å². The summed E-state index contributed by atoms with van der Waals surface area (Å²) in [6.45, 7) is 8.08. The first-order chi connectivity index (χ1) is 14.5. The maximum atomic E-state index is 6.19. The van der Waals surface area contributed by atoms with Crippen molar-refractivity contribution in [2.24, 2.45) is 0 Å². The van der Waals surface area contributed by atoms with Crippen LogP contribution in [0.2, 0.25) is 0 Å². The second-order valence-electron chi connectivity index (χ2n) is 7.64. The molecule has 0 aliphatic carbocycles. The molecular weight excluding hydrogens is 392 g/mol. The second-order valence-corrected chi connectivity index (χ2v) is 8.05. The highest BCUT2D eigenvalue weighted by atomic mass is 32.1. The number of imidazole rings is 1. The molecule has 0 amide bonds. The quantitative estimate of drug-likeness (QED) is 0.340. The van der Waals surface area contributed by atoms with Crippen molar-refractivity contribution >= 4 is 39.9 Å². The molecule has 3 aromatic rings. The Hall–Kier alpha value is -2.67. The van der Waals surface area contributed by atoms with Crippen LogP contribution in [0.3, 0.4) is 0 Å². The van der Waals surface area contributed by atoms with Crippen LogP contribution in [0.25, 0.3) is 11.0 Å². The Morgan fingerprint density at radius 3 is 2.60 bits per heavy atom. The van der Waals surface area contributed by atoms with E-state index in [1.807, 2.05) is 37.3 Å². The smallest absolute Gasteiger partial charge is 0.170 e. The zero-order valence-corrected chi connectivity index (χ0v) is 19.0. The van der Waals surface area contributed by atoms with Crippen LogP contribution < -0.4 is 16.4 Å². The summed E-state index contributed by atoms with van der Waals surface area (Å²) in [5.41, 5.74) is 11.3. The van der Waals surface area contributed by atoms with E-state index in [2.05, 4.69) is 34.0 Å². The van der Waals surface area contributed by atoms with Crippen molar-refractivity contribution in [2.75, 3.05) is 17.6 Å². The number of fused-ring (bicyclic) bond motifs is 1. The van der Waals surface area contributed by atoms with Gasteiger partial charge in [-0.25, -0.2) is 9.97 Å². The summed E-state index contributed by atoms with van der Waals surface area (Å²) in [5, 5.41) is 7.16. The number of thiocarbonyl (C=S) groups is 1. The lowest BCUT2D eigenvalue weighted by molar-refractivity contribution is 0.584. The van der Waals surface area contributed by atoms with Crippen molar-refractivity contribution in [3.05, 3.63) is 47.4 Å². The summed E-state index contributed by atoms with van der Waals surface area (Å²) in [4.78, 5) is 9.32. The number of hydrogen-bond acceptors (Lipinski definition) is 4. The van der Waals surface area contributed by atoms with Crippen molar-refractivity contribution in [3.63, 3.8) is 0 Å². The van der Waals surface area contributed by atoms with Crippen molar-refractivity contribution < 1.29 is 0 Å². The molecule has 0 unspecified atom stereocenters. The van der Waals surface area contributed by atoms with Gasteiger partial charge in [0.15, 0.2) is 10.9 Å². The summed E-state index contributed by atoms with van der Waals surface area (Å²) in [5.74, 6) is 1.65. The number of hydrogen-bond donors (Lipinski definition) is 3. The molecule has 2 heterocycles. The fourth-order valence-electron chi connectivity index (χ4n) is 3.61. The molecule has 0 aliphatic heterocycles. The van der Waals surface area contributed by atoms with Crippen LogP contribution in [-0.2, 0) is 13.0 Å². The van der Waals surface area contributed by atoms with Crippen molar-refractivity contribution in [1.82, 2.24) is 19.9 Å². The van der Waals surface area contributed by atoms with Crippen LogP contribution in [0.1, 0.15) is 49.7 Å². The molecule has 0 saturated heterocycles. The number of nitrogens with zero attached hydrogens (tertiary/aromatic N) is 3. The van der Waals surface area contributed by atoms with Gasteiger partial charge in [-0.3, -0.25) is 0 Å². The molecular formula is C23H32N6S. The Bertz CT molecular complexity index is 996. The van der Waals surface area contributed by atoms with E-state index >= 15 is 0 Å². The number of para-hydroxylation sites is 1. The normalized spacial score (nSPS) is 11.0. The summed E-state index contributed by atoms with van der Waals surface area (Å²) < 4.78 is 2.35. The molecule has 1 aromatic carbocycles. The summed E-state index contributed by atoms with van der Waals surface area (Å²) >= 11 is 5.38. The van der Waals surface area contributed by atoms with E-state index in [0.29, 0.717) is 10.9 Å². The van der Waals surface area contributed by atoms with Gasteiger partial charge in [0.05, 0.1) is 5.52 Å². The van der Waals surface area contributed by atoms with E-state index in [0.717, 1.165) is 73.4 Å². The van der Waals surface area contributed by atoms with E-state index in [4.69, 9.17) is 22.9 Å². The van der Waals surface area contributed by atoms with E-state index in [1.54, 1.807) is 0 Å². The third-order valence-corrected chi connectivity index (χ3v) is 5.60. The Balaban J connectivity index is 1.61. The zero-order valence-electron chi connectivity index (χ0n) is 18.2. The highest BCUT2D eigenvalue weighted by Gasteiger charge is 2.17. The number of aromatic nitrogens is 3. The number of nitrogens with two attached hydrogens (primary N) is 1. The van der Waals surface area contributed by atoms with Crippen LogP contribution in [0, 0.1) is 13.8 Å². The van der Waals surface area contributed by atoms with Gasteiger partial charge in [0, 0.05) is 30.9 Å². The molecule has 30 heavy (non-hydrogen) atoms. The van der Waals surface area contributed by atoms with E-state index in [-0.39, 0.29) is 0 Å². The molecule has 6 nitrogen and oxygen atoms in total. The zero-order chi connectivity index (χ0) is 21.5. The second kappa shape index (κ2) is 10.4. The lowest BCUT2D eigenvalue weighted by Gasteiger charge is -2.13. The number of aryl methyl sites for hydroxylation is 4. The van der Waals surface area contributed by atoms with Crippen LogP contribution in [0.5, 0.6) is 0 Å². The monoisotopic (exact) mass is 424 g/mol. The average molecular weight is 425 g/mol. The molecule has 0 radical (unpaired) electrons. The highest BCUT2D eigenvalue weighted by Crippen LogP contribution is 2.27. The molecule has 0 atom stereocenters. The molecule has 0 bridgehead atoms. The fraction of sp³-hybridized carbons (Fsp3) is 0.435. The molecule has 160 valence electrons. The molecule has 0 saturated carbocycles. The molecule has 0 spiro atoms. The van der Waals surface area contributed by atoms with Crippen LogP contribution >= 0.6 is 12.2 Å². The first-order valence-corrected chi connectivity index (χ1v) is 11.1. The standard InChI is InChI=1S/C23H32N6S/c1-4-5-13-19-28-20-21(16(2)17(3)26-22(20)24)29(19)15-10-9-14-25-23(30)27-18-11-7-6-8-12-18/h6-8,11-12H,4-5,9-10,13-15H2,1-3H3,(H2,24,26)(H2,25,27,30). The first kappa shape index (κ1) is 22.0. The van der Waals surface area contributed by atoms with Crippen LogP contribution in [0.15, 0.2) is 30.3 Å². The summed E-state index contributed by atoms with van der Waals surface area (Å²) in [7, 11) is 0. The Morgan fingerprint density at radius 1 is 1.10 bits per heavy atom. The van der Waals surface area contributed by atoms with Crippen molar-refractivity contribution in [3.8, 4) is 0 Å². The molecule has 2 aromatic heterocycles. The third kappa shape index (κ3) is 5.27. The van der Waals surface area contributed by atoms with E-state index in [1.165, 1.54) is 5.56 Å². The molecule has 7 heteroatoms. The number of anilines is 2. The largest absolute Gasteiger partial charge is 0.382 e. The van der Waals surface area contributed by atoms with Gasteiger partial charge in [-0.2, -0.15) is 0 Å². The maximum absolute atomic E-state index is 6.19. The summed E-state index contributed by atoms with van der Waals surface area (Å²) in [6.07, 6.45) is 5.28. The predicted molar refractivity (Wildman–Crippen MR) is 130 cm³/mol. The maximum Gasteiger partial charge on any atom is 0.170 e. The van der Waals surface area contributed by atoms with Gasteiger partial charge in [0.25, 0.3) is 0 Å². The number of benzene rings is 1. The average Bonchev–Trinajstić information content (AvgIpc) is 3.10. The lowest BCUT2D eigenvalue weighted by atomic mass is 10.2. The molecule has 3 rings (SSSR count). The Labute approximate surface area is 184 Å². The summed E-state index contributed by atoms with van der Waals surface area (Å²) in [6, 6.07) is 9.97. The number of nitrogens with one attached hydrogen (secondary N) is 2. The number of pyridine rings is 1. The molecule has 4 N–H and O–H groups in total. The van der Waals surface area contributed by atoms with Crippen LogP contribution in [-0.4, -0.2) is 26.2 Å². The number of rotatable bonds is 9. The van der Waals surface area contributed by atoms with E-state index < -0.39 is 0 Å². The predicted octanol–water partition coefficient (Wildman–Crippen LogP) is 4.74.